The average Bonchev–Trinajstić information content (AvgIpc) is 2.28. The monoisotopic (exact) mass is 265 g/mol. The molecule has 1 heterocycles. The van der Waals surface area contributed by atoms with Crippen LogP contribution in [0, 0.1) is 0 Å². The van der Waals surface area contributed by atoms with Gasteiger partial charge in [0.2, 0.25) is 0 Å². The Kier molecular flexibility index (Phi) is 8.92. The van der Waals surface area contributed by atoms with Crippen LogP contribution in [0.2, 0.25) is 0 Å². The van der Waals surface area contributed by atoms with E-state index in [2.05, 4.69) is 22.2 Å². The van der Waals surface area contributed by atoms with Crippen LogP contribution >= 0.6 is 0 Å². The van der Waals surface area contributed by atoms with Gasteiger partial charge in [0.05, 0.1) is 19.8 Å². The van der Waals surface area contributed by atoms with Crippen molar-refractivity contribution in [3.05, 3.63) is 25.3 Å². The molecule has 0 amide bonds. The van der Waals surface area contributed by atoms with E-state index in [-0.39, 0.29) is 6.61 Å². The summed E-state index contributed by atoms with van der Waals surface area (Å²) in [5, 5.41) is 0. The van der Waals surface area contributed by atoms with Gasteiger partial charge in [-0.2, -0.15) is 8.42 Å². The normalized spacial score (nSPS) is 16.8. The summed E-state index contributed by atoms with van der Waals surface area (Å²) in [4.78, 5) is 2.33. The lowest BCUT2D eigenvalue weighted by Crippen LogP contribution is -2.36. The molecule has 0 aromatic carbocycles. The number of hydrogen-bond acceptors (Lipinski definition) is 5. The largest absolute Gasteiger partial charge is 0.397 e. The van der Waals surface area contributed by atoms with Crippen LogP contribution in [-0.2, 0) is 19.3 Å². The SMILES string of the molecule is C=CCN1CCOCC1.C=CCOS(=O)(=O)O. The number of rotatable bonds is 5. The van der Waals surface area contributed by atoms with Gasteiger partial charge >= 0.3 is 10.4 Å². The van der Waals surface area contributed by atoms with E-state index in [1.165, 1.54) is 6.08 Å². The molecule has 0 radical (unpaired) electrons. The standard InChI is InChI=1S/C7H13NO.C3H6O4S/c1-2-3-8-4-6-9-7-5-8;1-2-3-7-8(4,5)6/h2H,1,3-7H2;2H,1,3H2,(H,4,5,6). The van der Waals surface area contributed by atoms with Crippen molar-refractivity contribution in [1.82, 2.24) is 4.90 Å². The smallest absolute Gasteiger partial charge is 0.379 e. The van der Waals surface area contributed by atoms with E-state index in [0.29, 0.717) is 0 Å². The minimum Gasteiger partial charge on any atom is -0.379 e. The van der Waals surface area contributed by atoms with Gasteiger partial charge in [0.15, 0.2) is 0 Å². The molecule has 1 saturated heterocycles. The zero-order valence-corrected chi connectivity index (χ0v) is 10.6. The van der Waals surface area contributed by atoms with Gasteiger partial charge in [-0.25, -0.2) is 4.18 Å². The van der Waals surface area contributed by atoms with Gasteiger partial charge in [-0.05, 0) is 0 Å². The van der Waals surface area contributed by atoms with E-state index in [0.717, 1.165) is 32.8 Å². The molecule has 0 atom stereocenters. The third-order valence-electron chi connectivity index (χ3n) is 1.83. The Balaban J connectivity index is 0.000000304. The molecule has 0 aromatic rings. The molecule has 0 bridgehead atoms. The zero-order valence-electron chi connectivity index (χ0n) is 9.75. The highest BCUT2D eigenvalue weighted by Crippen LogP contribution is 1.94. The molecule has 0 saturated carbocycles. The molecule has 1 aliphatic rings. The van der Waals surface area contributed by atoms with Crippen molar-refractivity contribution in [2.45, 2.75) is 0 Å². The first-order valence-corrected chi connectivity index (χ1v) is 6.50. The molecule has 0 unspecified atom stereocenters. The van der Waals surface area contributed by atoms with Crippen LogP contribution in [0.4, 0.5) is 0 Å². The first-order valence-electron chi connectivity index (χ1n) is 5.13. The molecule has 6 nitrogen and oxygen atoms in total. The maximum absolute atomic E-state index is 9.68. The number of ether oxygens (including phenoxy) is 1. The van der Waals surface area contributed by atoms with Crippen LogP contribution in [0.25, 0.3) is 0 Å². The van der Waals surface area contributed by atoms with Crippen molar-refractivity contribution in [3.63, 3.8) is 0 Å². The lowest BCUT2D eigenvalue weighted by atomic mass is 10.4. The van der Waals surface area contributed by atoms with E-state index in [4.69, 9.17) is 9.29 Å². The summed E-state index contributed by atoms with van der Waals surface area (Å²) in [6, 6.07) is 0. The van der Waals surface area contributed by atoms with Gasteiger partial charge in [0, 0.05) is 19.6 Å². The first kappa shape index (κ1) is 16.3. The number of hydrogen-bond donors (Lipinski definition) is 1. The highest BCUT2D eigenvalue weighted by atomic mass is 32.3. The fraction of sp³-hybridized carbons (Fsp3) is 0.600. The van der Waals surface area contributed by atoms with Gasteiger partial charge in [-0.1, -0.05) is 12.2 Å². The van der Waals surface area contributed by atoms with Gasteiger partial charge in [-0.15, -0.1) is 13.2 Å². The van der Waals surface area contributed by atoms with Crippen LogP contribution in [0.15, 0.2) is 25.3 Å². The summed E-state index contributed by atoms with van der Waals surface area (Å²) in [6.45, 7) is 11.5. The Bertz CT molecular complexity index is 309. The van der Waals surface area contributed by atoms with Crippen molar-refractivity contribution in [2.75, 3.05) is 39.5 Å². The number of morpholine rings is 1. The molecule has 1 rings (SSSR count). The van der Waals surface area contributed by atoms with E-state index in [1.54, 1.807) is 0 Å². The van der Waals surface area contributed by atoms with E-state index < -0.39 is 10.4 Å². The molecule has 1 N–H and O–H groups in total. The molecule has 7 heteroatoms. The summed E-state index contributed by atoms with van der Waals surface area (Å²) in [6.07, 6.45) is 3.15. The summed E-state index contributed by atoms with van der Waals surface area (Å²) < 4.78 is 36.2. The van der Waals surface area contributed by atoms with Gasteiger partial charge in [-0.3, -0.25) is 9.45 Å². The van der Waals surface area contributed by atoms with E-state index in [1.807, 2.05) is 6.08 Å². The second-order valence-electron chi connectivity index (χ2n) is 3.20. The minimum absolute atomic E-state index is 0.196. The summed E-state index contributed by atoms with van der Waals surface area (Å²) in [7, 11) is -4.26. The molecule has 1 aliphatic heterocycles. The predicted molar refractivity (Wildman–Crippen MR) is 65.2 cm³/mol. The van der Waals surface area contributed by atoms with Crippen molar-refractivity contribution in [3.8, 4) is 0 Å². The molecule has 0 spiro atoms. The first-order chi connectivity index (χ1) is 7.99. The van der Waals surface area contributed by atoms with E-state index >= 15 is 0 Å². The molecular formula is C10H19NO5S. The molecular weight excluding hydrogens is 246 g/mol. The maximum Gasteiger partial charge on any atom is 0.397 e. The second-order valence-corrected chi connectivity index (χ2v) is 4.29. The van der Waals surface area contributed by atoms with Crippen molar-refractivity contribution < 1.29 is 21.9 Å². The third kappa shape index (κ3) is 11.5. The van der Waals surface area contributed by atoms with Crippen LogP contribution in [0.5, 0.6) is 0 Å². The van der Waals surface area contributed by atoms with Crippen molar-refractivity contribution >= 4 is 10.4 Å². The maximum atomic E-state index is 9.68. The predicted octanol–water partition coefficient (Wildman–Crippen LogP) is 0.496. The fourth-order valence-corrected chi connectivity index (χ4v) is 1.37. The molecule has 17 heavy (non-hydrogen) atoms. The Hall–Kier alpha value is -0.730. The van der Waals surface area contributed by atoms with Gasteiger partial charge in [0.25, 0.3) is 0 Å². The number of nitrogens with zero attached hydrogens (tertiary/aromatic N) is 1. The summed E-state index contributed by atoms with van der Waals surface area (Å²) >= 11 is 0. The quantitative estimate of drug-likeness (QED) is 0.576. The van der Waals surface area contributed by atoms with Crippen molar-refractivity contribution in [2.24, 2.45) is 0 Å². The molecule has 0 aromatic heterocycles. The van der Waals surface area contributed by atoms with Gasteiger partial charge < -0.3 is 4.74 Å². The Labute approximate surface area is 102 Å². The summed E-state index contributed by atoms with van der Waals surface area (Å²) in [5.74, 6) is 0. The Morgan fingerprint density at radius 3 is 2.24 bits per heavy atom. The van der Waals surface area contributed by atoms with Crippen LogP contribution in [-0.4, -0.2) is 57.3 Å². The Morgan fingerprint density at radius 2 is 1.88 bits per heavy atom. The highest BCUT2D eigenvalue weighted by Gasteiger charge is 2.06. The average molecular weight is 265 g/mol. The van der Waals surface area contributed by atoms with Crippen molar-refractivity contribution in [1.29, 1.82) is 0 Å². The second kappa shape index (κ2) is 9.32. The van der Waals surface area contributed by atoms with Crippen LogP contribution in [0.3, 0.4) is 0 Å². The lowest BCUT2D eigenvalue weighted by molar-refractivity contribution is 0.0434. The fourth-order valence-electron chi connectivity index (χ4n) is 1.10. The van der Waals surface area contributed by atoms with Gasteiger partial charge in [0.1, 0.15) is 0 Å². The zero-order chi connectivity index (χ0) is 13.1. The Morgan fingerprint density at radius 1 is 1.29 bits per heavy atom. The highest BCUT2D eigenvalue weighted by molar-refractivity contribution is 7.80. The van der Waals surface area contributed by atoms with E-state index in [9.17, 15) is 8.42 Å². The summed E-state index contributed by atoms with van der Waals surface area (Å²) in [5.41, 5.74) is 0. The molecule has 100 valence electrons. The third-order valence-corrected chi connectivity index (χ3v) is 2.26. The molecule has 1 fully saturated rings. The molecule has 0 aliphatic carbocycles. The lowest BCUT2D eigenvalue weighted by Gasteiger charge is -2.24. The van der Waals surface area contributed by atoms with Crippen LogP contribution in [0.1, 0.15) is 0 Å². The topological polar surface area (TPSA) is 76.1 Å². The van der Waals surface area contributed by atoms with Crippen LogP contribution < -0.4 is 0 Å². The minimum atomic E-state index is -4.26.